The second-order valence-corrected chi connectivity index (χ2v) is 5.91. The first-order valence-electron chi connectivity index (χ1n) is 7.80. The molecule has 1 fully saturated rings. The van der Waals surface area contributed by atoms with E-state index >= 15 is 0 Å². The fraction of sp³-hybridized carbons (Fsp3) is 0.444. The molecule has 3 nitrogen and oxygen atoms in total. The Morgan fingerprint density at radius 3 is 2.71 bits per heavy atom. The van der Waals surface area contributed by atoms with Crippen molar-refractivity contribution in [3.63, 3.8) is 0 Å². The lowest BCUT2D eigenvalue weighted by Gasteiger charge is -2.27. The molecule has 0 spiro atoms. The van der Waals surface area contributed by atoms with Crippen molar-refractivity contribution in [3.05, 3.63) is 42.0 Å². The van der Waals surface area contributed by atoms with Crippen LogP contribution in [0.4, 0.5) is 0 Å². The van der Waals surface area contributed by atoms with Gasteiger partial charge in [0.2, 0.25) is 0 Å². The Kier molecular flexibility index (Phi) is 4.13. The fourth-order valence-corrected chi connectivity index (χ4v) is 3.43. The lowest BCUT2D eigenvalue weighted by atomic mass is 9.97. The molecule has 0 aliphatic carbocycles. The van der Waals surface area contributed by atoms with E-state index in [4.69, 9.17) is 10.5 Å². The van der Waals surface area contributed by atoms with Crippen molar-refractivity contribution in [2.75, 3.05) is 20.2 Å². The van der Waals surface area contributed by atoms with Gasteiger partial charge in [-0.15, -0.1) is 0 Å². The zero-order chi connectivity index (χ0) is 14.8. The maximum atomic E-state index is 6.36. The van der Waals surface area contributed by atoms with Crippen molar-refractivity contribution in [3.8, 4) is 5.75 Å². The molecule has 3 rings (SSSR count). The van der Waals surface area contributed by atoms with Gasteiger partial charge < -0.3 is 10.5 Å². The van der Waals surface area contributed by atoms with E-state index in [1.807, 2.05) is 6.07 Å². The standard InChI is InChI=1S/C18H24N2O/c1-3-9-20-10-8-17(19)18(20)15-5-4-14-12-16(21-2)7-6-13(14)11-15/h4-7,11-12,17-18H,3,8-10,19H2,1-2H3. The quantitative estimate of drug-likeness (QED) is 0.936. The normalized spacial score (nSPS) is 22.8. The minimum Gasteiger partial charge on any atom is -0.497 e. The van der Waals surface area contributed by atoms with Crippen LogP contribution in [-0.4, -0.2) is 31.1 Å². The van der Waals surface area contributed by atoms with Gasteiger partial charge in [-0.1, -0.05) is 25.1 Å². The molecule has 2 aromatic rings. The number of nitrogens with two attached hydrogens (primary N) is 1. The first-order chi connectivity index (χ1) is 10.2. The van der Waals surface area contributed by atoms with E-state index in [9.17, 15) is 0 Å². The summed E-state index contributed by atoms with van der Waals surface area (Å²) in [5.74, 6) is 0.903. The summed E-state index contributed by atoms with van der Waals surface area (Å²) in [6, 6.07) is 13.5. The highest BCUT2D eigenvalue weighted by molar-refractivity contribution is 5.84. The number of ether oxygens (including phenoxy) is 1. The highest BCUT2D eigenvalue weighted by Gasteiger charge is 2.32. The van der Waals surface area contributed by atoms with Crippen LogP contribution in [0, 0.1) is 0 Å². The summed E-state index contributed by atoms with van der Waals surface area (Å²) >= 11 is 0. The van der Waals surface area contributed by atoms with Crippen LogP contribution >= 0.6 is 0 Å². The molecular formula is C18H24N2O. The lowest BCUT2D eigenvalue weighted by molar-refractivity contribution is 0.248. The van der Waals surface area contributed by atoms with E-state index in [1.54, 1.807) is 7.11 Å². The zero-order valence-electron chi connectivity index (χ0n) is 12.9. The number of rotatable bonds is 4. The largest absolute Gasteiger partial charge is 0.497 e. The molecule has 112 valence electrons. The molecule has 2 atom stereocenters. The van der Waals surface area contributed by atoms with E-state index in [2.05, 4.69) is 42.2 Å². The van der Waals surface area contributed by atoms with E-state index in [0.29, 0.717) is 6.04 Å². The molecule has 2 unspecified atom stereocenters. The van der Waals surface area contributed by atoms with E-state index in [-0.39, 0.29) is 6.04 Å². The molecule has 0 radical (unpaired) electrons. The van der Waals surface area contributed by atoms with Gasteiger partial charge in [0.25, 0.3) is 0 Å². The van der Waals surface area contributed by atoms with Gasteiger partial charge in [0.1, 0.15) is 5.75 Å². The van der Waals surface area contributed by atoms with Crippen molar-refractivity contribution in [2.45, 2.75) is 31.8 Å². The topological polar surface area (TPSA) is 38.5 Å². The lowest BCUT2D eigenvalue weighted by Crippen LogP contribution is -2.32. The van der Waals surface area contributed by atoms with Gasteiger partial charge >= 0.3 is 0 Å². The van der Waals surface area contributed by atoms with Crippen molar-refractivity contribution in [1.29, 1.82) is 0 Å². The van der Waals surface area contributed by atoms with Crippen LogP contribution in [0.15, 0.2) is 36.4 Å². The van der Waals surface area contributed by atoms with Gasteiger partial charge in [-0.25, -0.2) is 0 Å². The van der Waals surface area contributed by atoms with Crippen LogP contribution in [0.25, 0.3) is 10.8 Å². The summed E-state index contributed by atoms with van der Waals surface area (Å²) in [6.45, 7) is 4.47. The van der Waals surface area contributed by atoms with Crippen molar-refractivity contribution in [1.82, 2.24) is 4.90 Å². The fourth-order valence-electron chi connectivity index (χ4n) is 3.43. The Bertz CT molecular complexity index is 624. The number of nitrogens with zero attached hydrogens (tertiary/aromatic N) is 1. The zero-order valence-corrected chi connectivity index (χ0v) is 12.9. The Morgan fingerprint density at radius 2 is 1.95 bits per heavy atom. The van der Waals surface area contributed by atoms with Crippen LogP contribution in [0.3, 0.4) is 0 Å². The maximum Gasteiger partial charge on any atom is 0.119 e. The summed E-state index contributed by atoms with van der Waals surface area (Å²) in [6.07, 6.45) is 2.26. The van der Waals surface area contributed by atoms with E-state index < -0.39 is 0 Å². The molecule has 1 saturated heterocycles. The maximum absolute atomic E-state index is 6.36. The predicted octanol–water partition coefficient (Wildman–Crippen LogP) is 3.33. The summed E-state index contributed by atoms with van der Waals surface area (Å²) in [5, 5.41) is 2.47. The molecular weight excluding hydrogens is 260 g/mol. The van der Waals surface area contributed by atoms with Gasteiger partial charge in [0, 0.05) is 18.6 Å². The average molecular weight is 284 g/mol. The van der Waals surface area contributed by atoms with Crippen LogP contribution < -0.4 is 10.5 Å². The SMILES string of the molecule is CCCN1CCC(N)C1c1ccc2cc(OC)ccc2c1. The third-order valence-corrected chi connectivity index (χ3v) is 4.47. The average Bonchev–Trinajstić information content (AvgIpc) is 2.87. The Morgan fingerprint density at radius 1 is 1.19 bits per heavy atom. The number of hydrogen-bond acceptors (Lipinski definition) is 3. The van der Waals surface area contributed by atoms with Gasteiger partial charge in [0.15, 0.2) is 0 Å². The first kappa shape index (κ1) is 14.4. The Hall–Kier alpha value is -1.58. The smallest absolute Gasteiger partial charge is 0.119 e. The van der Waals surface area contributed by atoms with Crippen LogP contribution in [0.2, 0.25) is 0 Å². The van der Waals surface area contributed by atoms with Crippen molar-refractivity contribution in [2.24, 2.45) is 5.73 Å². The molecule has 0 saturated carbocycles. The van der Waals surface area contributed by atoms with Gasteiger partial charge in [-0.2, -0.15) is 0 Å². The Balaban J connectivity index is 1.96. The molecule has 1 aliphatic rings. The third kappa shape index (κ3) is 2.76. The van der Waals surface area contributed by atoms with Crippen LogP contribution in [0.5, 0.6) is 5.75 Å². The number of fused-ring (bicyclic) bond motifs is 1. The summed E-state index contributed by atoms with van der Waals surface area (Å²) in [4.78, 5) is 2.52. The molecule has 2 N–H and O–H groups in total. The number of hydrogen-bond donors (Lipinski definition) is 1. The van der Waals surface area contributed by atoms with Gasteiger partial charge in [0.05, 0.1) is 7.11 Å². The molecule has 1 aliphatic heterocycles. The third-order valence-electron chi connectivity index (χ3n) is 4.47. The first-order valence-corrected chi connectivity index (χ1v) is 7.80. The number of benzene rings is 2. The molecule has 3 heteroatoms. The summed E-state index contributed by atoms with van der Waals surface area (Å²) in [7, 11) is 1.70. The molecule has 0 bridgehead atoms. The minimum absolute atomic E-state index is 0.243. The number of methoxy groups -OCH3 is 1. The molecule has 21 heavy (non-hydrogen) atoms. The summed E-state index contributed by atoms with van der Waals surface area (Å²) in [5.41, 5.74) is 7.70. The second-order valence-electron chi connectivity index (χ2n) is 5.91. The van der Waals surface area contributed by atoms with Crippen LogP contribution in [0.1, 0.15) is 31.4 Å². The molecule has 1 heterocycles. The van der Waals surface area contributed by atoms with Crippen molar-refractivity contribution < 1.29 is 4.74 Å². The number of likely N-dealkylation sites (tertiary alicyclic amines) is 1. The van der Waals surface area contributed by atoms with E-state index in [1.165, 1.54) is 22.8 Å². The highest BCUT2D eigenvalue weighted by atomic mass is 16.5. The molecule has 2 aromatic carbocycles. The second kappa shape index (κ2) is 6.04. The van der Waals surface area contributed by atoms with Crippen LogP contribution in [-0.2, 0) is 0 Å². The Labute approximate surface area is 126 Å². The monoisotopic (exact) mass is 284 g/mol. The molecule has 0 aromatic heterocycles. The molecule has 0 amide bonds. The van der Waals surface area contributed by atoms with E-state index in [0.717, 1.165) is 25.3 Å². The van der Waals surface area contributed by atoms with Gasteiger partial charge in [-0.05, 0) is 53.9 Å². The predicted molar refractivity (Wildman–Crippen MR) is 87.7 cm³/mol. The summed E-state index contributed by atoms with van der Waals surface area (Å²) < 4.78 is 5.29. The van der Waals surface area contributed by atoms with Gasteiger partial charge in [-0.3, -0.25) is 4.90 Å². The van der Waals surface area contributed by atoms with Crippen molar-refractivity contribution >= 4 is 10.8 Å². The minimum atomic E-state index is 0.243. The highest BCUT2D eigenvalue weighted by Crippen LogP contribution is 2.33.